The van der Waals surface area contributed by atoms with Crippen molar-refractivity contribution in [2.45, 2.75) is 39.8 Å². The molecule has 0 aliphatic rings. The molecule has 76 valence electrons. The molecule has 0 fully saturated rings. The first-order valence-electron chi connectivity index (χ1n) is 4.60. The van der Waals surface area contributed by atoms with Gasteiger partial charge in [-0.25, -0.2) is 0 Å². The SMILES string of the molecule is C=C=C(OC(C)OCC)[Si](C)(C)C. The molecule has 0 bridgehead atoms. The van der Waals surface area contributed by atoms with Gasteiger partial charge in [-0.15, -0.1) is 0 Å². The molecule has 3 heteroatoms. The third-order valence-corrected chi connectivity index (χ3v) is 3.18. The zero-order valence-corrected chi connectivity index (χ0v) is 10.3. The molecule has 0 saturated heterocycles. The molecule has 1 atom stereocenters. The van der Waals surface area contributed by atoms with Gasteiger partial charge in [-0.3, -0.25) is 0 Å². The summed E-state index contributed by atoms with van der Waals surface area (Å²) in [6.45, 7) is 14.7. The Balaban J connectivity index is 4.25. The fourth-order valence-electron chi connectivity index (χ4n) is 0.918. The summed E-state index contributed by atoms with van der Waals surface area (Å²) < 4.78 is 10.9. The highest BCUT2D eigenvalue weighted by Gasteiger charge is 2.23. The highest BCUT2D eigenvalue weighted by Crippen LogP contribution is 2.16. The van der Waals surface area contributed by atoms with E-state index in [0.29, 0.717) is 6.61 Å². The third kappa shape index (κ3) is 4.93. The van der Waals surface area contributed by atoms with Gasteiger partial charge in [0.25, 0.3) is 0 Å². The summed E-state index contributed by atoms with van der Waals surface area (Å²) in [5.41, 5.74) is 2.86. The summed E-state index contributed by atoms with van der Waals surface area (Å²) in [6.07, 6.45) is -0.194. The van der Waals surface area contributed by atoms with Gasteiger partial charge >= 0.3 is 0 Å². The smallest absolute Gasteiger partial charge is 0.196 e. The summed E-state index contributed by atoms with van der Waals surface area (Å²) in [4.78, 5) is 0. The average molecular weight is 200 g/mol. The first-order chi connectivity index (χ1) is 5.91. The molecule has 0 aliphatic carbocycles. The lowest BCUT2D eigenvalue weighted by molar-refractivity contribution is -0.0932. The van der Waals surface area contributed by atoms with Crippen LogP contribution in [-0.2, 0) is 9.47 Å². The van der Waals surface area contributed by atoms with E-state index in [0.717, 1.165) is 5.38 Å². The van der Waals surface area contributed by atoms with Gasteiger partial charge in [0.1, 0.15) is 13.5 Å². The van der Waals surface area contributed by atoms with E-state index in [-0.39, 0.29) is 6.29 Å². The van der Waals surface area contributed by atoms with Crippen LogP contribution >= 0.6 is 0 Å². The van der Waals surface area contributed by atoms with Crippen LogP contribution in [0.5, 0.6) is 0 Å². The minimum Gasteiger partial charge on any atom is -0.467 e. The number of hydrogen-bond donors (Lipinski definition) is 0. The van der Waals surface area contributed by atoms with E-state index in [9.17, 15) is 0 Å². The predicted molar refractivity (Wildman–Crippen MR) is 58.2 cm³/mol. The Morgan fingerprint density at radius 1 is 1.46 bits per heavy atom. The summed E-state index contributed by atoms with van der Waals surface area (Å²) in [7, 11) is -1.44. The van der Waals surface area contributed by atoms with Gasteiger partial charge < -0.3 is 9.47 Å². The Labute approximate surface area is 82.3 Å². The van der Waals surface area contributed by atoms with Gasteiger partial charge in [0.2, 0.25) is 0 Å². The minimum absolute atomic E-state index is 0.194. The average Bonchev–Trinajstić information content (AvgIpc) is 1.98. The molecule has 0 saturated carbocycles. The largest absolute Gasteiger partial charge is 0.467 e. The van der Waals surface area contributed by atoms with E-state index in [4.69, 9.17) is 9.47 Å². The summed E-state index contributed by atoms with van der Waals surface area (Å²) in [5.74, 6) is 0. The Morgan fingerprint density at radius 2 is 2.00 bits per heavy atom. The fourth-order valence-corrected chi connectivity index (χ4v) is 1.97. The molecule has 0 heterocycles. The van der Waals surface area contributed by atoms with Crippen LogP contribution in [0.1, 0.15) is 13.8 Å². The highest BCUT2D eigenvalue weighted by atomic mass is 28.3. The molecule has 0 aromatic carbocycles. The maximum absolute atomic E-state index is 5.59. The summed E-state index contributed by atoms with van der Waals surface area (Å²) in [5, 5.41) is 0.883. The first-order valence-corrected chi connectivity index (χ1v) is 8.10. The van der Waals surface area contributed by atoms with Crippen molar-refractivity contribution in [1.82, 2.24) is 0 Å². The van der Waals surface area contributed by atoms with E-state index >= 15 is 0 Å². The van der Waals surface area contributed by atoms with Gasteiger partial charge in [-0.1, -0.05) is 32.0 Å². The molecule has 13 heavy (non-hydrogen) atoms. The molecule has 0 aromatic heterocycles. The van der Waals surface area contributed by atoms with Gasteiger partial charge in [0.15, 0.2) is 6.29 Å². The lowest BCUT2D eigenvalue weighted by Gasteiger charge is -2.23. The molecule has 0 rings (SSSR count). The lowest BCUT2D eigenvalue weighted by Crippen LogP contribution is -2.28. The minimum atomic E-state index is -1.44. The van der Waals surface area contributed by atoms with Gasteiger partial charge in [0, 0.05) is 6.61 Å². The molecule has 1 unspecified atom stereocenters. The molecule has 0 aliphatic heterocycles. The quantitative estimate of drug-likeness (QED) is 0.294. The van der Waals surface area contributed by atoms with Crippen molar-refractivity contribution >= 4 is 8.07 Å². The third-order valence-electron chi connectivity index (χ3n) is 1.53. The summed E-state index contributed by atoms with van der Waals surface area (Å²) in [6, 6.07) is 0. The van der Waals surface area contributed by atoms with Crippen LogP contribution in [0.2, 0.25) is 19.6 Å². The molecule has 0 N–H and O–H groups in total. The fraction of sp³-hybridized carbons (Fsp3) is 0.700. The zero-order valence-electron chi connectivity index (χ0n) is 9.31. The number of rotatable bonds is 5. The van der Waals surface area contributed by atoms with E-state index in [2.05, 4.69) is 32.0 Å². The second-order valence-corrected chi connectivity index (χ2v) is 8.85. The predicted octanol–water partition coefficient (Wildman–Crippen LogP) is 2.93. The van der Waals surface area contributed by atoms with Gasteiger partial charge in [-0.2, -0.15) is 0 Å². The van der Waals surface area contributed by atoms with Crippen LogP contribution in [0, 0.1) is 0 Å². The first kappa shape index (κ1) is 12.5. The Bertz CT molecular complexity index is 199. The van der Waals surface area contributed by atoms with Crippen LogP contribution in [0.4, 0.5) is 0 Å². The van der Waals surface area contributed by atoms with E-state index < -0.39 is 8.07 Å². The highest BCUT2D eigenvalue weighted by molar-refractivity contribution is 6.82. The molecule has 0 spiro atoms. The Kier molecular flexibility index (Phi) is 5.07. The van der Waals surface area contributed by atoms with Crippen LogP contribution < -0.4 is 0 Å². The molecule has 0 radical (unpaired) electrons. The van der Waals surface area contributed by atoms with Crippen LogP contribution in [0.15, 0.2) is 17.7 Å². The summed E-state index contributed by atoms with van der Waals surface area (Å²) >= 11 is 0. The monoisotopic (exact) mass is 200 g/mol. The van der Waals surface area contributed by atoms with E-state index in [1.165, 1.54) is 0 Å². The Morgan fingerprint density at radius 3 is 2.31 bits per heavy atom. The maximum atomic E-state index is 5.59. The van der Waals surface area contributed by atoms with Crippen molar-refractivity contribution in [3.8, 4) is 0 Å². The van der Waals surface area contributed by atoms with Crippen molar-refractivity contribution in [3.63, 3.8) is 0 Å². The molecule has 0 aromatic rings. The second kappa shape index (κ2) is 5.27. The maximum Gasteiger partial charge on any atom is 0.196 e. The van der Waals surface area contributed by atoms with Crippen molar-refractivity contribution in [2.24, 2.45) is 0 Å². The number of hydrogen-bond acceptors (Lipinski definition) is 2. The van der Waals surface area contributed by atoms with Gasteiger partial charge in [-0.05, 0) is 13.8 Å². The van der Waals surface area contributed by atoms with Crippen LogP contribution in [-0.4, -0.2) is 21.0 Å². The standard InChI is InChI=1S/C10H20O2Si/c1-7-10(13(4,5)6)12-9(3)11-8-2/h9H,1,8H2,2-6H3. The molecular weight excluding hydrogens is 180 g/mol. The van der Waals surface area contributed by atoms with Crippen molar-refractivity contribution in [1.29, 1.82) is 0 Å². The Hall–Kier alpha value is -0.503. The van der Waals surface area contributed by atoms with Crippen molar-refractivity contribution in [3.05, 3.63) is 17.7 Å². The van der Waals surface area contributed by atoms with E-state index in [1.807, 2.05) is 13.8 Å². The van der Waals surface area contributed by atoms with Crippen molar-refractivity contribution in [2.75, 3.05) is 6.61 Å². The van der Waals surface area contributed by atoms with Crippen LogP contribution in [0.25, 0.3) is 0 Å². The number of ether oxygens (including phenoxy) is 2. The lowest BCUT2D eigenvalue weighted by atomic mass is 10.7. The van der Waals surface area contributed by atoms with Gasteiger partial charge in [0.05, 0.1) is 0 Å². The zero-order chi connectivity index (χ0) is 10.5. The second-order valence-electron chi connectivity index (χ2n) is 3.90. The normalized spacial score (nSPS) is 13.3. The van der Waals surface area contributed by atoms with Crippen LogP contribution in [0.3, 0.4) is 0 Å². The topological polar surface area (TPSA) is 18.5 Å². The van der Waals surface area contributed by atoms with Crippen molar-refractivity contribution < 1.29 is 9.47 Å². The molecular formula is C10H20O2Si. The van der Waals surface area contributed by atoms with E-state index in [1.54, 1.807) is 0 Å². The molecule has 0 amide bonds. The molecule has 2 nitrogen and oxygen atoms in total.